The average Bonchev–Trinajstić information content (AvgIpc) is 3.47. The first-order chi connectivity index (χ1) is 13.2. The molecule has 3 aromatic rings. The average molecular weight is 386 g/mol. The van der Waals surface area contributed by atoms with Crippen molar-refractivity contribution in [2.75, 3.05) is 20.8 Å². The number of thiophene rings is 1. The van der Waals surface area contributed by atoms with Gasteiger partial charge in [-0.3, -0.25) is 0 Å². The summed E-state index contributed by atoms with van der Waals surface area (Å²) in [5.41, 5.74) is 1.20. The van der Waals surface area contributed by atoms with Crippen molar-refractivity contribution in [2.45, 2.75) is 31.8 Å². The molecule has 1 unspecified atom stereocenters. The van der Waals surface area contributed by atoms with Crippen molar-refractivity contribution in [1.29, 1.82) is 0 Å². The van der Waals surface area contributed by atoms with E-state index in [9.17, 15) is 0 Å². The van der Waals surface area contributed by atoms with Crippen LogP contribution < -0.4 is 14.4 Å². The lowest BCUT2D eigenvalue weighted by molar-refractivity contribution is -0.948. The molecule has 2 aromatic heterocycles. The first-order valence-electron chi connectivity index (χ1n) is 9.16. The molecular weight excluding hydrogens is 362 g/mol. The zero-order valence-corrected chi connectivity index (χ0v) is 16.6. The first kappa shape index (κ1) is 18.0. The Labute approximate surface area is 162 Å². The van der Waals surface area contributed by atoms with Crippen molar-refractivity contribution in [3.05, 3.63) is 47.2 Å². The molecule has 6 nitrogen and oxygen atoms in total. The number of likely N-dealkylation sites (tertiary alicyclic amines) is 1. The molecule has 0 radical (unpaired) electrons. The number of rotatable bonds is 6. The Balaban J connectivity index is 1.60. The van der Waals surface area contributed by atoms with Gasteiger partial charge < -0.3 is 18.8 Å². The number of hydrogen-bond donors (Lipinski definition) is 1. The second-order valence-electron chi connectivity index (χ2n) is 6.77. The lowest BCUT2D eigenvalue weighted by Crippen LogP contribution is -3.10. The monoisotopic (exact) mass is 386 g/mol. The number of nitrogens with zero attached hydrogens (tertiary/aromatic N) is 2. The van der Waals surface area contributed by atoms with Crippen molar-refractivity contribution in [1.82, 2.24) is 10.2 Å². The van der Waals surface area contributed by atoms with Crippen LogP contribution in [0.15, 0.2) is 40.1 Å². The molecule has 0 bridgehead atoms. The Kier molecular flexibility index (Phi) is 5.13. The van der Waals surface area contributed by atoms with Gasteiger partial charge in [-0.05, 0) is 30.5 Å². The highest BCUT2D eigenvalue weighted by molar-refractivity contribution is 7.13. The first-order valence-corrected chi connectivity index (χ1v) is 10.0. The molecule has 0 spiro atoms. The van der Waals surface area contributed by atoms with E-state index in [1.165, 1.54) is 10.5 Å². The SMILES string of the molecule is COc1ccc([C@@H]2CCC[NH+]2[C@@H](C)c2nnc(-c3cccs3)o2)c(OC)c1. The second kappa shape index (κ2) is 7.70. The van der Waals surface area contributed by atoms with Gasteiger partial charge in [-0.25, -0.2) is 0 Å². The molecule has 1 aliphatic heterocycles. The van der Waals surface area contributed by atoms with Crippen LogP contribution in [0.5, 0.6) is 11.5 Å². The molecule has 1 N–H and O–H groups in total. The molecule has 3 heterocycles. The van der Waals surface area contributed by atoms with E-state index in [2.05, 4.69) is 23.2 Å². The van der Waals surface area contributed by atoms with Crippen LogP contribution >= 0.6 is 11.3 Å². The maximum atomic E-state index is 6.00. The van der Waals surface area contributed by atoms with E-state index in [0.717, 1.165) is 35.8 Å². The predicted octanol–water partition coefficient (Wildman–Crippen LogP) is 3.30. The van der Waals surface area contributed by atoms with Gasteiger partial charge in [-0.1, -0.05) is 6.07 Å². The summed E-state index contributed by atoms with van der Waals surface area (Å²) in [6, 6.07) is 10.5. The highest BCUT2D eigenvalue weighted by Gasteiger charge is 2.38. The third-order valence-electron chi connectivity index (χ3n) is 5.32. The fourth-order valence-electron chi connectivity index (χ4n) is 3.92. The van der Waals surface area contributed by atoms with Gasteiger partial charge in [0.05, 0.1) is 31.2 Å². The van der Waals surface area contributed by atoms with Crippen molar-refractivity contribution in [2.24, 2.45) is 0 Å². The molecule has 0 aliphatic carbocycles. The van der Waals surface area contributed by atoms with Crippen molar-refractivity contribution >= 4 is 11.3 Å². The van der Waals surface area contributed by atoms with Crippen LogP contribution in [0.4, 0.5) is 0 Å². The third-order valence-corrected chi connectivity index (χ3v) is 6.18. The number of nitrogens with one attached hydrogen (secondary N) is 1. The zero-order chi connectivity index (χ0) is 18.8. The number of ether oxygens (including phenoxy) is 2. The summed E-state index contributed by atoms with van der Waals surface area (Å²) < 4.78 is 17.0. The number of hydrogen-bond acceptors (Lipinski definition) is 6. The summed E-state index contributed by atoms with van der Waals surface area (Å²) in [6.07, 6.45) is 2.26. The van der Waals surface area contributed by atoms with Crippen molar-refractivity contribution in [3.63, 3.8) is 0 Å². The minimum atomic E-state index is 0.116. The number of quaternary nitrogens is 1. The molecule has 3 atom stereocenters. The van der Waals surface area contributed by atoms with Crippen LogP contribution in [0.1, 0.15) is 43.3 Å². The lowest BCUT2D eigenvalue weighted by Gasteiger charge is -2.27. The molecule has 1 aliphatic rings. The van der Waals surface area contributed by atoms with E-state index in [0.29, 0.717) is 17.8 Å². The molecule has 4 rings (SSSR count). The van der Waals surface area contributed by atoms with Gasteiger partial charge in [0, 0.05) is 18.9 Å². The topological polar surface area (TPSA) is 61.8 Å². The predicted molar refractivity (Wildman–Crippen MR) is 103 cm³/mol. The molecule has 0 saturated carbocycles. The Morgan fingerprint density at radius 3 is 2.85 bits per heavy atom. The Morgan fingerprint density at radius 1 is 1.22 bits per heavy atom. The Bertz CT molecular complexity index is 894. The summed E-state index contributed by atoms with van der Waals surface area (Å²) in [4.78, 5) is 2.44. The quantitative estimate of drug-likeness (QED) is 0.704. The van der Waals surface area contributed by atoms with Gasteiger partial charge in [0.15, 0.2) is 6.04 Å². The standard InChI is InChI=1S/C20H23N3O3S/c1-13(19-21-22-20(26-19)18-7-5-11-27-18)23-10-4-6-16(23)15-9-8-14(24-2)12-17(15)25-3/h5,7-9,11-13,16H,4,6,10H2,1-3H3/p+1/t13-,16-/m0/s1. The van der Waals surface area contributed by atoms with Gasteiger partial charge in [0.2, 0.25) is 0 Å². The summed E-state index contributed by atoms with van der Waals surface area (Å²) in [5.74, 6) is 2.97. The zero-order valence-electron chi connectivity index (χ0n) is 15.8. The van der Waals surface area contributed by atoms with E-state index in [-0.39, 0.29) is 6.04 Å². The summed E-state index contributed by atoms with van der Waals surface area (Å²) in [5, 5.41) is 10.6. The van der Waals surface area contributed by atoms with E-state index < -0.39 is 0 Å². The number of methoxy groups -OCH3 is 2. The van der Waals surface area contributed by atoms with Crippen LogP contribution in [-0.4, -0.2) is 31.0 Å². The summed E-state index contributed by atoms with van der Waals surface area (Å²) >= 11 is 1.61. The minimum Gasteiger partial charge on any atom is -0.497 e. The van der Waals surface area contributed by atoms with Gasteiger partial charge in [0.25, 0.3) is 11.8 Å². The fourth-order valence-corrected chi connectivity index (χ4v) is 4.56. The van der Waals surface area contributed by atoms with Crippen LogP contribution in [-0.2, 0) is 0 Å². The smallest absolute Gasteiger partial charge is 0.274 e. The lowest BCUT2D eigenvalue weighted by atomic mass is 10.0. The van der Waals surface area contributed by atoms with Crippen molar-refractivity contribution in [3.8, 4) is 22.3 Å². The Morgan fingerprint density at radius 2 is 2.11 bits per heavy atom. The maximum absolute atomic E-state index is 6.00. The normalized spacial score (nSPS) is 20.6. The van der Waals surface area contributed by atoms with Crippen LogP contribution in [0.3, 0.4) is 0 Å². The number of aromatic nitrogens is 2. The molecule has 1 aromatic carbocycles. The fraction of sp³-hybridized carbons (Fsp3) is 0.400. The summed E-state index contributed by atoms with van der Waals surface area (Å²) in [6.45, 7) is 3.23. The van der Waals surface area contributed by atoms with Gasteiger partial charge in [0.1, 0.15) is 17.5 Å². The second-order valence-corrected chi connectivity index (χ2v) is 7.72. The van der Waals surface area contributed by atoms with Crippen LogP contribution in [0.25, 0.3) is 10.8 Å². The van der Waals surface area contributed by atoms with Gasteiger partial charge in [-0.15, -0.1) is 21.5 Å². The summed E-state index contributed by atoms with van der Waals surface area (Å²) in [7, 11) is 3.38. The molecule has 1 saturated heterocycles. The van der Waals surface area contributed by atoms with Gasteiger partial charge in [-0.2, -0.15) is 0 Å². The van der Waals surface area contributed by atoms with Gasteiger partial charge >= 0.3 is 0 Å². The molecule has 0 amide bonds. The van der Waals surface area contributed by atoms with E-state index >= 15 is 0 Å². The van der Waals surface area contributed by atoms with E-state index in [4.69, 9.17) is 13.9 Å². The molecule has 1 fully saturated rings. The van der Waals surface area contributed by atoms with E-state index in [1.54, 1.807) is 25.6 Å². The van der Waals surface area contributed by atoms with Crippen LogP contribution in [0.2, 0.25) is 0 Å². The van der Waals surface area contributed by atoms with E-state index in [1.807, 2.05) is 29.6 Å². The Hall–Kier alpha value is -2.38. The molecule has 27 heavy (non-hydrogen) atoms. The molecule has 7 heteroatoms. The largest absolute Gasteiger partial charge is 0.497 e. The highest BCUT2D eigenvalue weighted by Crippen LogP contribution is 2.33. The van der Waals surface area contributed by atoms with Crippen LogP contribution in [0, 0.1) is 0 Å². The molecular formula is C20H24N3O3S+. The molecule has 142 valence electrons. The number of benzene rings is 1. The highest BCUT2D eigenvalue weighted by atomic mass is 32.1. The maximum Gasteiger partial charge on any atom is 0.274 e. The minimum absolute atomic E-state index is 0.116. The third kappa shape index (κ3) is 3.44. The van der Waals surface area contributed by atoms with Crippen molar-refractivity contribution < 1.29 is 18.8 Å².